The average molecular weight is 422 g/mol. The molecule has 0 aliphatic carbocycles. The zero-order valence-corrected chi connectivity index (χ0v) is 16.3. The molecule has 0 atom stereocenters. The Bertz CT molecular complexity index is 1130. The van der Waals surface area contributed by atoms with E-state index in [0.717, 1.165) is 12.1 Å². The van der Waals surface area contributed by atoms with E-state index < -0.39 is 17.6 Å². The van der Waals surface area contributed by atoms with Gasteiger partial charge in [0.25, 0.3) is 0 Å². The Morgan fingerprint density at radius 2 is 1.74 bits per heavy atom. The van der Waals surface area contributed by atoms with Crippen molar-refractivity contribution >= 4 is 23.5 Å². The number of esters is 1. The third-order valence-corrected chi connectivity index (χ3v) is 4.29. The summed E-state index contributed by atoms with van der Waals surface area (Å²) in [5.41, 5.74) is 0.496. The van der Waals surface area contributed by atoms with E-state index in [0.29, 0.717) is 11.3 Å². The normalized spacial score (nSPS) is 10.7. The maximum Gasteiger partial charge on any atom is 0.343 e. The van der Waals surface area contributed by atoms with Gasteiger partial charge in [0.1, 0.15) is 17.3 Å². The Hall–Kier alpha value is -4.01. The second kappa shape index (κ2) is 9.66. The highest BCUT2D eigenvalue weighted by molar-refractivity contribution is 6.09. The predicted octanol–water partition coefficient (Wildman–Crippen LogP) is 4.64. The van der Waals surface area contributed by atoms with Crippen LogP contribution in [0, 0.1) is 11.0 Å². The molecule has 0 amide bonds. The third-order valence-electron chi connectivity index (χ3n) is 4.29. The topological polar surface area (TPSA) is 99.1 Å². The van der Waals surface area contributed by atoms with Gasteiger partial charge in [-0.2, -0.15) is 0 Å². The zero-order chi connectivity index (χ0) is 22.4. The number of hydrogen-bond acceptors (Lipinski definition) is 7. The van der Waals surface area contributed by atoms with Gasteiger partial charge in [0.05, 0.1) is 23.9 Å². The molecule has 8 heteroatoms. The van der Waals surface area contributed by atoms with Gasteiger partial charge < -0.3 is 19.9 Å². The van der Waals surface area contributed by atoms with Crippen LogP contribution in [0.4, 0.5) is 10.1 Å². The zero-order valence-electron chi connectivity index (χ0n) is 16.3. The maximum absolute atomic E-state index is 13.8. The van der Waals surface area contributed by atoms with E-state index in [9.17, 15) is 19.2 Å². The summed E-state index contributed by atoms with van der Waals surface area (Å²) >= 11 is 0. The fourth-order valence-corrected chi connectivity index (χ4v) is 2.73. The lowest BCUT2D eigenvalue weighted by Gasteiger charge is -2.21. The lowest BCUT2D eigenvalue weighted by molar-refractivity contribution is 0.0733. The minimum atomic E-state index is -0.823. The molecule has 0 aliphatic rings. The van der Waals surface area contributed by atoms with E-state index in [2.05, 4.69) is 0 Å². The van der Waals surface area contributed by atoms with Crippen molar-refractivity contribution in [3.05, 3.63) is 101 Å². The van der Waals surface area contributed by atoms with Gasteiger partial charge in [-0.3, -0.25) is 10.0 Å². The lowest BCUT2D eigenvalue weighted by Crippen LogP contribution is -2.12. The van der Waals surface area contributed by atoms with Crippen molar-refractivity contribution < 1.29 is 28.7 Å². The number of rotatable bonds is 7. The van der Waals surface area contributed by atoms with Crippen LogP contribution in [0.15, 0.2) is 72.8 Å². The number of ether oxygens (including phenoxy) is 2. The van der Waals surface area contributed by atoms with Crippen molar-refractivity contribution in [2.24, 2.45) is 0 Å². The Balaban J connectivity index is 1.84. The molecule has 0 saturated heterocycles. The van der Waals surface area contributed by atoms with Crippen LogP contribution in [-0.2, 0) is 0 Å². The molecule has 0 aliphatic heterocycles. The molecule has 158 valence electrons. The Kier molecular flexibility index (Phi) is 6.76. The second-order valence-corrected chi connectivity index (χ2v) is 6.29. The molecule has 0 spiro atoms. The van der Waals surface area contributed by atoms with E-state index in [1.807, 2.05) is 0 Å². The van der Waals surface area contributed by atoms with Gasteiger partial charge in [0.2, 0.25) is 0 Å². The number of anilines is 1. The maximum atomic E-state index is 13.8. The summed E-state index contributed by atoms with van der Waals surface area (Å²) in [5.74, 6) is -1.64. The largest absolute Gasteiger partial charge is 0.733 e. The molecule has 0 saturated carbocycles. The fraction of sp³-hybridized carbons (Fsp3) is 0.0435. The van der Waals surface area contributed by atoms with Crippen molar-refractivity contribution in [1.82, 2.24) is 0 Å². The van der Waals surface area contributed by atoms with Gasteiger partial charge >= 0.3 is 5.97 Å². The van der Waals surface area contributed by atoms with Crippen molar-refractivity contribution in [3.8, 4) is 11.5 Å². The van der Waals surface area contributed by atoms with Crippen molar-refractivity contribution in [1.29, 1.82) is 0 Å². The van der Waals surface area contributed by atoms with Crippen LogP contribution in [0.2, 0.25) is 0 Å². The van der Waals surface area contributed by atoms with E-state index in [1.54, 1.807) is 24.3 Å². The smallest absolute Gasteiger partial charge is 0.343 e. The summed E-state index contributed by atoms with van der Waals surface area (Å²) in [5, 5.41) is 19.3. The van der Waals surface area contributed by atoms with E-state index in [4.69, 9.17) is 14.7 Å². The van der Waals surface area contributed by atoms with Crippen LogP contribution in [0.3, 0.4) is 0 Å². The quantitative estimate of drug-likeness (QED) is 0.195. The average Bonchev–Trinajstić information content (AvgIpc) is 2.78. The number of carbonyl (C=O) groups is 2. The number of carbonyl (C=O) groups excluding carboxylic acids is 2. The van der Waals surface area contributed by atoms with Crippen LogP contribution in [0.5, 0.6) is 11.5 Å². The first kappa shape index (κ1) is 21.7. The number of hydrogen-bond donors (Lipinski definition) is 1. The third kappa shape index (κ3) is 5.33. The number of allylic oxidation sites excluding steroid dienone is 1. The van der Waals surface area contributed by atoms with Crippen LogP contribution in [0.25, 0.3) is 6.08 Å². The molecule has 7 nitrogen and oxygen atoms in total. The van der Waals surface area contributed by atoms with Crippen LogP contribution >= 0.6 is 0 Å². The first-order valence-electron chi connectivity index (χ1n) is 9.02. The molecule has 0 aromatic heterocycles. The van der Waals surface area contributed by atoms with Gasteiger partial charge in [-0.1, -0.05) is 18.2 Å². The molecule has 0 fully saturated rings. The highest BCUT2D eigenvalue weighted by Crippen LogP contribution is 2.24. The molecule has 0 unspecified atom stereocenters. The number of benzene rings is 3. The number of methoxy groups -OCH3 is 1. The number of halogens is 1. The first-order valence-corrected chi connectivity index (χ1v) is 9.02. The molecule has 3 aromatic rings. The van der Waals surface area contributed by atoms with Crippen molar-refractivity contribution in [2.75, 3.05) is 12.3 Å². The number of para-hydroxylation sites is 1. The molecule has 3 rings (SSSR count). The van der Waals surface area contributed by atoms with E-state index >= 15 is 0 Å². The molecular formula is C23H17FNO6-. The monoisotopic (exact) mass is 422 g/mol. The second-order valence-electron chi connectivity index (χ2n) is 6.29. The number of nitrogens with zero attached hydrogens (tertiary/aromatic N) is 1. The Morgan fingerprint density at radius 3 is 2.42 bits per heavy atom. The summed E-state index contributed by atoms with van der Waals surface area (Å²) in [4.78, 5) is 25.1. The van der Waals surface area contributed by atoms with Crippen molar-refractivity contribution in [2.45, 2.75) is 0 Å². The van der Waals surface area contributed by atoms with Gasteiger partial charge in [-0.05, 0) is 60.7 Å². The van der Waals surface area contributed by atoms with Crippen LogP contribution in [0.1, 0.15) is 26.3 Å². The van der Waals surface area contributed by atoms with Crippen LogP contribution < -0.4 is 14.7 Å². The Labute approximate surface area is 177 Å². The molecular weight excluding hydrogens is 405 g/mol. The fourth-order valence-electron chi connectivity index (χ4n) is 2.73. The van der Waals surface area contributed by atoms with Crippen LogP contribution in [-0.4, -0.2) is 24.1 Å². The molecule has 1 N–H and O–H groups in total. The summed E-state index contributed by atoms with van der Waals surface area (Å²) in [6.07, 6.45) is 2.74. The minimum absolute atomic E-state index is 0.0675. The Morgan fingerprint density at radius 1 is 1.03 bits per heavy atom. The van der Waals surface area contributed by atoms with Gasteiger partial charge in [-0.25, -0.2) is 9.18 Å². The number of ketones is 1. The minimum Gasteiger partial charge on any atom is -0.733 e. The standard InChI is InChI=1S/C23H17FNO6/c1-30-21-5-3-2-4-15(21)8-12-20(26)19-14-17(24)9-13-22(19)31-23(27)16-6-10-18(11-7-16)25(28)29/h2-14,28H,1H3/q-1. The highest BCUT2D eigenvalue weighted by atomic mass is 19.1. The van der Waals surface area contributed by atoms with E-state index in [-0.39, 0.29) is 27.8 Å². The SMILES string of the molecule is COc1ccccc1C=CC(=O)c1cc(F)ccc1OC(=O)c1ccc(N([O-])O)cc1. The first-order chi connectivity index (χ1) is 14.9. The van der Waals surface area contributed by atoms with E-state index in [1.165, 1.54) is 49.6 Å². The molecule has 31 heavy (non-hydrogen) atoms. The van der Waals surface area contributed by atoms with Gasteiger partial charge in [0, 0.05) is 5.56 Å². The molecule has 3 aromatic carbocycles. The van der Waals surface area contributed by atoms with Gasteiger partial charge in [0.15, 0.2) is 5.78 Å². The van der Waals surface area contributed by atoms with Crippen molar-refractivity contribution in [3.63, 3.8) is 0 Å². The van der Waals surface area contributed by atoms with Gasteiger partial charge in [-0.15, -0.1) is 0 Å². The molecule has 0 bridgehead atoms. The lowest BCUT2D eigenvalue weighted by atomic mass is 10.1. The molecule has 0 radical (unpaired) electrons. The predicted molar refractivity (Wildman–Crippen MR) is 112 cm³/mol. The summed E-state index contributed by atoms with van der Waals surface area (Å²) in [6.45, 7) is 0. The summed E-state index contributed by atoms with van der Waals surface area (Å²) in [6, 6.07) is 15.2. The summed E-state index contributed by atoms with van der Waals surface area (Å²) in [7, 11) is 1.50. The summed E-state index contributed by atoms with van der Waals surface area (Å²) < 4.78 is 24.3. The molecule has 0 heterocycles. The highest BCUT2D eigenvalue weighted by Gasteiger charge is 2.16.